The number of nitrogens with one attached hydrogen (secondary N) is 3. The first-order valence-corrected chi connectivity index (χ1v) is 8.39. The first kappa shape index (κ1) is 19.8. The maximum Gasteiger partial charge on any atom is 0.316 e. The van der Waals surface area contributed by atoms with Crippen molar-refractivity contribution in [2.45, 2.75) is 19.4 Å². The summed E-state index contributed by atoms with van der Waals surface area (Å²) >= 11 is 0. The zero-order valence-corrected chi connectivity index (χ0v) is 14.9. The molecule has 8 nitrogen and oxygen atoms in total. The largest absolute Gasteiger partial charge is 0.465 e. The molecule has 2 aromatic rings. The Kier molecular flexibility index (Phi) is 7.18. The Balaban J connectivity index is 1.71. The zero-order valence-electron chi connectivity index (χ0n) is 14.9. The Hall–Kier alpha value is -3.55. The van der Waals surface area contributed by atoms with Crippen molar-refractivity contribution < 1.29 is 18.8 Å². The Morgan fingerprint density at radius 3 is 2.56 bits per heavy atom. The number of amides is 4. The number of primary amides is 1. The highest BCUT2D eigenvalue weighted by Crippen LogP contribution is 2.16. The average molecular weight is 370 g/mol. The topological polar surface area (TPSA) is 126 Å². The highest BCUT2D eigenvalue weighted by Gasteiger charge is 2.10. The van der Waals surface area contributed by atoms with E-state index >= 15 is 0 Å². The number of benzene rings is 1. The van der Waals surface area contributed by atoms with E-state index in [1.165, 1.54) is 12.3 Å². The molecule has 4 amide bonds. The van der Waals surface area contributed by atoms with Gasteiger partial charge in [0.05, 0.1) is 12.3 Å². The van der Waals surface area contributed by atoms with Gasteiger partial charge < -0.3 is 26.1 Å². The molecule has 0 bridgehead atoms. The highest BCUT2D eigenvalue weighted by molar-refractivity contribution is 5.91. The Morgan fingerprint density at radius 1 is 1.19 bits per heavy atom. The van der Waals surface area contributed by atoms with Gasteiger partial charge in [-0.2, -0.15) is 0 Å². The van der Waals surface area contributed by atoms with Crippen LogP contribution < -0.4 is 21.7 Å². The molecular formula is C19H22N4O4. The van der Waals surface area contributed by atoms with E-state index in [0.717, 1.165) is 5.56 Å². The van der Waals surface area contributed by atoms with Crippen LogP contribution in [-0.4, -0.2) is 24.4 Å². The third kappa shape index (κ3) is 7.07. The Labute approximate surface area is 156 Å². The normalized spacial score (nSPS) is 11.7. The van der Waals surface area contributed by atoms with Crippen LogP contribution >= 0.6 is 0 Å². The van der Waals surface area contributed by atoms with E-state index in [9.17, 15) is 14.4 Å². The van der Waals surface area contributed by atoms with Gasteiger partial charge in [-0.1, -0.05) is 12.1 Å². The molecule has 0 aliphatic rings. The SMILES string of the molecule is CC(NC(=O)CCNC(=O)/C=C/c1ccco1)c1ccc(NC(N)=O)cc1. The highest BCUT2D eigenvalue weighted by atomic mass is 16.3. The summed E-state index contributed by atoms with van der Waals surface area (Å²) in [5.74, 6) is 0.0932. The lowest BCUT2D eigenvalue weighted by atomic mass is 10.1. The number of hydrogen-bond acceptors (Lipinski definition) is 4. The molecule has 0 aliphatic heterocycles. The fourth-order valence-corrected chi connectivity index (χ4v) is 2.30. The van der Waals surface area contributed by atoms with Crippen LogP contribution in [0.2, 0.25) is 0 Å². The van der Waals surface area contributed by atoms with Gasteiger partial charge in [-0.3, -0.25) is 9.59 Å². The van der Waals surface area contributed by atoms with E-state index in [1.54, 1.807) is 42.5 Å². The quantitative estimate of drug-likeness (QED) is 0.531. The second kappa shape index (κ2) is 9.81. The molecule has 0 spiro atoms. The van der Waals surface area contributed by atoms with Crippen molar-refractivity contribution in [1.29, 1.82) is 0 Å². The third-order valence-corrected chi connectivity index (χ3v) is 3.65. The van der Waals surface area contributed by atoms with E-state index in [2.05, 4.69) is 16.0 Å². The molecule has 1 heterocycles. The van der Waals surface area contributed by atoms with Gasteiger partial charge in [0, 0.05) is 24.7 Å². The van der Waals surface area contributed by atoms with Crippen molar-refractivity contribution in [2.75, 3.05) is 11.9 Å². The molecule has 142 valence electrons. The van der Waals surface area contributed by atoms with Crippen LogP contribution in [0.3, 0.4) is 0 Å². The van der Waals surface area contributed by atoms with Crippen LogP contribution in [0.1, 0.15) is 30.7 Å². The monoisotopic (exact) mass is 370 g/mol. The first-order chi connectivity index (χ1) is 12.9. The van der Waals surface area contributed by atoms with Crippen LogP contribution in [0.25, 0.3) is 6.08 Å². The number of furan rings is 1. The van der Waals surface area contributed by atoms with E-state index < -0.39 is 6.03 Å². The van der Waals surface area contributed by atoms with Gasteiger partial charge in [0.2, 0.25) is 11.8 Å². The van der Waals surface area contributed by atoms with E-state index in [4.69, 9.17) is 10.2 Å². The lowest BCUT2D eigenvalue weighted by Crippen LogP contribution is -2.31. The number of anilines is 1. The lowest BCUT2D eigenvalue weighted by Gasteiger charge is -2.15. The lowest BCUT2D eigenvalue weighted by molar-refractivity contribution is -0.121. The Bertz CT molecular complexity index is 798. The number of carbonyl (C=O) groups is 3. The second-order valence-corrected chi connectivity index (χ2v) is 5.79. The summed E-state index contributed by atoms with van der Waals surface area (Å²) in [6.07, 6.45) is 4.58. The van der Waals surface area contributed by atoms with Crippen molar-refractivity contribution in [3.8, 4) is 0 Å². The molecular weight excluding hydrogens is 348 g/mol. The summed E-state index contributed by atoms with van der Waals surface area (Å²) in [6.45, 7) is 2.07. The average Bonchev–Trinajstić information content (AvgIpc) is 3.13. The predicted octanol–water partition coefficient (Wildman–Crippen LogP) is 2.17. The van der Waals surface area contributed by atoms with Crippen molar-refractivity contribution in [3.63, 3.8) is 0 Å². The molecule has 0 radical (unpaired) electrons. The molecule has 0 saturated carbocycles. The van der Waals surface area contributed by atoms with Crippen molar-refractivity contribution in [2.24, 2.45) is 5.73 Å². The van der Waals surface area contributed by atoms with Gasteiger partial charge in [0.1, 0.15) is 5.76 Å². The molecule has 0 aliphatic carbocycles. The first-order valence-electron chi connectivity index (χ1n) is 8.39. The summed E-state index contributed by atoms with van der Waals surface area (Å²) in [6, 6.07) is 9.59. The molecule has 0 fully saturated rings. The van der Waals surface area contributed by atoms with Crippen LogP contribution in [0, 0.1) is 0 Å². The fraction of sp³-hybridized carbons (Fsp3) is 0.211. The number of urea groups is 1. The summed E-state index contributed by atoms with van der Waals surface area (Å²) in [7, 11) is 0. The minimum Gasteiger partial charge on any atom is -0.465 e. The molecule has 1 atom stereocenters. The van der Waals surface area contributed by atoms with E-state index in [0.29, 0.717) is 11.4 Å². The smallest absolute Gasteiger partial charge is 0.316 e. The van der Waals surface area contributed by atoms with Crippen molar-refractivity contribution in [3.05, 3.63) is 60.1 Å². The fourth-order valence-electron chi connectivity index (χ4n) is 2.30. The molecule has 5 N–H and O–H groups in total. The van der Waals surface area contributed by atoms with Gasteiger partial charge in [-0.15, -0.1) is 0 Å². The molecule has 2 rings (SSSR count). The van der Waals surface area contributed by atoms with Crippen LogP contribution in [0.4, 0.5) is 10.5 Å². The number of nitrogens with two attached hydrogens (primary N) is 1. The molecule has 8 heteroatoms. The molecule has 1 aromatic carbocycles. The van der Waals surface area contributed by atoms with Crippen molar-refractivity contribution in [1.82, 2.24) is 10.6 Å². The van der Waals surface area contributed by atoms with E-state index in [1.807, 2.05) is 6.92 Å². The number of carbonyl (C=O) groups excluding carboxylic acids is 3. The van der Waals surface area contributed by atoms with Crippen LogP contribution in [-0.2, 0) is 9.59 Å². The molecule has 1 unspecified atom stereocenters. The summed E-state index contributed by atoms with van der Waals surface area (Å²) in [5.41, 5.74) is 6.51. The second-order valence-electron chi connectivity index (χ2n) is 5.79. The number of hydrogen-bond donors (Lipinski definition) is 4. The van der Waals surface area contributed by atoms with Gasteiger partial charge in [-0.05, 0) is 42.8 Å². The maximum atomic E-state index is 12.0. The van der Waals surface area contributed by atoms with Gasteiger partial charge >= 0.3 is 6.03 Å². The minimum atomic E-state index is -0.634. The molecule has 27 heavy (non-hydrogen) atoms. The summed E-state index contributed by atoms with van der Waals surface area (Å²) in [5, 5.41) is 7.95. The van der Waals surface area contributed by atoms with Crippen LogP contribution in [0.15, 0.2) is 53.2 Å². The van der Waals surface area contributed by atoms with Crippen LogP contribution in [0.5, 0.6) is 0 Å². The summed E-state index contributed by atoms with van der Waals surface area (Å²) in [4.78, 5) is 34.5. The van der Waals surface area contributed by atoms with Crippen molar-refractivity contribution >= 4 is 29.6 Å². The Morgan fingerprint density at radius 2 is 1.93 bits per heavy atom. The standard InChI is InChI=1S/C19H22N4O4/c1-13(14-4-6-15(7-5-14)23-19(20)26)22-18(25)10-11-21-17(24)9-8-16-3-2-12-27-16/h2-9,12-13H,10-11H2,1H3,(H,21,24)(H,22,25)(H3,20,23,26)/b9-8+. The van der Waals surface area contributed by atoms with Gasteiger partial charge in [-0.25, -0.2) is 4.79 Å². The van der Waals surface area contributed by atoms with E-state index in [-0.39, 0.29) is 30.8 Å². The van der Waals surface area contributed by atoms with Gasteiger partial charge in [0.15, 0.2) is 0 Å². The number of rotatable bonds is 8. The predicted molar refractivity (Wildman–Crippen MR) is 102 cm³/mol. The van der Waals surface area contributed by atoms with Gasteiger partial charge in [0.25, 0.3) is 0 Å². The molecule has 1 aromatic heterocycles. The maximum absolute atomic E-state index is 12.0. The zero-order chi connectivity index (χ0) is 19.6. The third-order valence-electron chi connectivity index (χ3n) is 3.65. The molecule has 0 saturated heterocycles. The minimum absolute atomic E-state index is 0.159. The summed E-state index contributed by atoms with van der Waals surface area (Å²) < 4.78 is 5.08.